The molecule has 0 aliphatic heterocycles. The molecule has 7 nitrogen and oxygen atoms in total. The third kappa shape index (κ3) is 5.67. The molecule has 4 rings (SSSR count). The number of nitrogens with zero attached hydrogens (tertiary/aromatic N) is 3. The van der Waals surface area contributed by atoms with Crippen molar-refractivity contribution >= 4 is 27.2 Å². The maximum atomic E-state index is 11.7. The van der Waals surface area contributed by atoms with Crippen LogP contribution in [0.15, 0.2) is 91.3 Å². The molecule has 0 bridgehead atoms. The van der Waals surface area contributed by atoms with Crippen LogP contribution in [0.5, 0.6) is 5.75 Å². The van der Waals surface area contributed by atoms with Gasteiger partial charge in [0.15, 0.2) is 0 Å². The molecule has 0 spiro atoms. The molecule has 1 aromatic heterocycles. The van der Waals surface area contributed by atoms with Crippen LogP contribution in [0, 0.1) is 0 Å². The van der Waals surface area contributed by atoms with Gasteiger partial charge in [-0.3, -0.25) is 4.31 Å². The van der Waals surface area contributed by atoms with Gasteiger partial charge in [-0.1, -0.05) is 42.5 Å². The van der Waals surface area contributed by atoms with Crippen LogP contribution in [0.25, 0.3) is 11.3 Å². The Morgan fingerprint density at radius 3 is 2.33 bits per heavy atom. The smallest absolute Gasteiger partial charge is 0.231 e. The van der Waals surface area contributed by atoms with Crippen LogP contribution in [0.2, 0.25) is 0 Å². The minimum atomic E-state index is -3.31. The van der Waals surface area contributed by atoms with Gasteiger partial charge >= 0.3 is 0 Å². The van der Waals surface area contributed by atoms with E-state index in [0.717, 1.165) is 28.3 Å². The molecular formula is C25H24N4O3S. The van der Waals surface area contributed by atoms with Gasteiger partial charge in [-0.15, -0.1) is 0 Å². The van der Waals surface area contributed by atoms with Crippen LogP contribution in [0.4, 0.5) is 17.2 Å². The lowest BCUT2D eigenvalue weighted by Crippen LogP contribution is -2.24. The maximum absolute atomic E-state index is 11.7. The summed E-state index contributed by atoms with van der Waals surface area (Å²) in [5, 5.41) is 3.24. The van der Waals surface area contributed by atoms with Crippen molar-refractivity contribution in [1.29, 1.82) is 0 Å². The van der Waals surface area contributed by atoms with E-state index in [1.807, 2.05) is 60.7 Å². The van der Waals surface area contributed by atoms with Crippen LogP contribution >= 0.6 is 0 Å². The van der Waals surface area contributed by atoms with Crippen LogP contribution in [0.3, 0.4) is 0 Å². The standard InChI is InChI=1S/C25H24N4O3S/c1-29(33(2,30)31)21-14-12-20(13-15-21)28-25-16-23(26-18-27-25)22-10-6-7-11-24(22)32-17-19-8-4-3-5-9-19/h3-16,18H,17H2,1-2H3,(H,26,27,28). The molecule has 0 saturated heterocycles. The van der Waals surface area contributed by atoms with E-state index in [1.165, 1.54) is 23.9 Å². The maximum Gasteiger partial charge on any atom is 0.231 e. The monoisotopic (exact) mass is 460 g/mol. The Morgan fingerprint density at radius 1 is 0.909 bits per heavy atom. The summed E-state index contributed by atoms with van der Waals surface area (Å²) in [6.45, 7) is 0.461. The SMILES string of the molecule is CN(c1ccc(Nc2cc(-c3ccccc3OCc3ccccc3)ncn2)cc1)S(C)(=O)=O. The van der Waals surface area contributed by atoms with Crippen molar-refractivity contribution in [2.75, 3.05) is 22.9 Å². The second-order valence-corrected chi connectivity index (χ2v) is 9.48. The Hall–Kier alpha value is -3.91. The number of para-hydroxylation sites is 1. The summed E-state index contributed by atoms with van der Waals surface area (Å²) < 4.78 is 30.7. The van der Waals surface area contributed by atoms with Crippen molar-refractivity contribution in [3.05, 3.63) is 96.8 Å². The molecule has 0 amide bonds. The van der Waals surface area contributed by atoms with Crippen LogP contribution < -0.4 is 14.4 Å². The van der Waals surface area contributed by atoms with Gasteiger partial charge in [-0.05, 0) is 42.0 Å². The Bertz CT molecular complexity index is 1330. The highest BCUT2D eigenvalue weighted by molar-refractivity contribution is 7.92. The summed E-state index contributed by atoms with van der Waals surface area (Å²) in [5.41, 5.74) is 4.03. The quantitative estimate of drug-likeness (QED) is 0.404. The molecule has 0 aliphatic rings. The minimum absolute atomic E-state index is 0.461. The first kappa shape index (κ1) is 22.3. The Labute approximate surface area is 193 Å². The number of hydrogen-bond donors (Lipinski definition) is 1. The lowest BCUT2D eigenvalue weighted by atomic mass is 10.1. The molecule has 4 aromatic rings. The predicted molar refractivity (Wildman–Crippen MR) is 131 cm³/mol. The van der Waals surface area contributed by atoms with Crippen molar-refractivity contribution in [3.8, 4) is 17.0 Å². The fraction of sp³-hybridized carbons (Fsp3) is 0.120. The van der Waals surface area contributed by atoms with Gasteiger partial charge in [0.05, 0.1) is 17.6 Å². The average Bonchev–Trinajstić information content (AvgIpc) is 2.83. The lowest BCUT2D eigenvalue weighted by molar-refractivity contribution is 0.307. The van der Waals surface area contributed by atoms with Crippen molar-refractivity contribution in [2.24, 2.45) is 0 Å². The highest BCUT2D eigenvalue weighted by Gasteiger charge is 2.12. The Morgan fingerprint density at radius 2 is 1.61 bits per heavy atom. The van der Waals surface area contributed by atoms with Gasteiger partial charge in [-0.2, -0.15) is 0 Å². The highest BCUT2D eigenvalue weighted by Crippen LogP contribution is 2.30. The molecule has 33 heavy (non-hydrogen) atoms. The van der Waals surface area contributed by atoms with Crippen LogP contribution in [-0.4, -0.2) is 31.7 Å². The van der Waals surface area contributed by atoms with E-state index in [9.17, 15) is 8.42 Å². The molecule has 0 aliphatic carbocycles. The normalized spacial score (nSPS) is 11.1. The molecular weight excluding hydrogens is 436 g/mol. The van der Waals surface area contributed by atoms with E-state index in [-0.39, 0.29) is 0 Å². The molecule has 1 N–H and O–H groups in total. The second kappa shape index (κ2) is 9.70. The third-order valence-electron chi connectivity index (χ3n) is 5.07. The van der Waals surface area contributed by atoms with Gasteiger partial charge in [-0.25, -0.2) is 18.4 Å². The number of rotatable bonds is 8. The fourth-order valence-corrected chi connectivity index (χ4v) is 3.71. The fourth-order valence-electron chi connectivity index (χ4n) is 3.21. The topological polar surface area (TPSA) is 84.4 Å². The molecule has 0 fully saturated rings. The average molecular weight is 461 g/mol. The van der Waals surface area contributed by atoms with Crippen LogP contribution in [0.1, 0.15) is 5.56 Å². The number of sulfonamides is 1. The summed E-state index contributed by atoms with van der Waals surface area (Å²) in [4.78, 5) is 8.74. The molecule has 1 heterocycles. The first-order valence-electron chi connectivity index (χ1n) is 10.3. The molecule has 8 heteroatoms. The van der Waals surface area contributed by atoms with Crippen LogP contribution in [-0.2, 0) is 16.6 Å². The molecule has 0 radical (unpaired) electrons. The predicted octanol–water partition coefficient (Wildman–Crippen LogP) is 4.86. The molecule has 3 aromatic carbocycles. The number of aromatic nitrogens is 2. The number of nitrogens with one attached hydrogen (secondary N) is 1. The Balaban J connectivity index is 1.52. The van der Waals surface area contributed by atoms with Crippen molar-refractivity contribution < 1.29 is 13.2 Å². The first-order chi connectivity index (χ1) is 15.9. The summed E-state index contributed by atoms with van der Waals surface area (Å²) in [5.74, 6) is 1.35. The molecule has 0 saturated carbocycles. The summed E-state index contributed by atoms with van der Waals surface area (Å²) in [6, 6.07) is 26.7. The van der Waals surface area contributed by atoms with E-state index in [1.54, 1.807) is 24.3 Å². The van der Waals surface area contributed by atoms with E-state index < -0.39 is 10.0 Å². The van der Waals surface area contributed by atoms with Gasteiger partial charge < -0.3 is 10.1 Å². The van der Waals surface area contributed by atoms with Gasteiger partial charge in [0.1, 0.15) is 24.5 Å². The van der Waals surface area contributed by atoms with E-state index >= 15 is 0 Å². The van der Waals surface area contributed by atoms with Gasteiger partial charge in [0, 0.05) is 24.4 Å². The van der Waals surface area contributed by atoms with Gasteiger partial charge in [0.2, 0.25) is 10.0 Å². The molecule has 0 unspecified atom stereocenters. The van der Waals surface area contributed by atoms with E-state index in [2.05, 4.69) is 15.3 Å². The van der Waals surface area contributed by atoms with E-state index in [0.29, 0.717) is 18.1 Å². The number of benzene rings is 3. The lowest BCUT2D eigenvalue weighted by Gasteiger charge is -2.17. The number of anilines is 3. The highest BCUT2D eigenvalue weighted by atomic mass is 32.2. The largest absolute Gasteiger partial charge is 0.488 e. The zero-order valence-electron chi connectivity index (χ0n) is 18.3. The summed E-state index contributed by atoms with van der Waals surface area (Å²) >= 11 is 0. The summed E-state index contributed by atoms with van der Waals surface area (Å²) in [6.07, 6.45) is 2.67. The minimum Gasteiger partial charge on any atom is -0.488 e. The molecule has 168 valence electrons. The van der Waals surface area contributed by atoms with Crippen molar-refractivity contribution in [1.82, 2.24) is 9.97 Å². The van der Waals surface area contributed by atoms with Crippen molar-refractivity contribution in [2.45, 2.75) is 6.61 Å². The number of ether oxygens (including phenoxy) is 1. The third-order valence-corrected chi connectivity index (χ3v) is 6.27. The zero-order chi connectivity index (χ0) is 23.3. The van der Waals surface area contributed by atoms with E-state index in [4.69, 9.17) is 4.74 Å². The molecule has 0 atom stereocenters. The van der Waals surface area contributed by atoms with Crippen molar-refractivity contribution in [3.63, 3.8) is 0 Å². The summed E-state index contributed by atoms with van der Waals surface area (Å²) in [7, 11) is -1.79. The van der Waals surface area contributed by atoms with Gasteiger partial charge in [0.25, 0.3) is 0 Å². The number of hydrogen-bond acceptors (Lipinski definition) is 6. The second-order valence-electron chi connectivity index (χ2n) is 7.46. The first-order valence-corrected chi connectivity index (χ1v) is 12.1. The zero-order valence-corrected chi connectivity index (χ0v) is 19.2. The Kier molecular flexibility index (Phi) is 6.55.